The van der Waals surface area contributed by atoms with Gasteiger partial charge in [-0.15, -0.1) is 0 Å². The molecule has 6 nitrogen and oxygen atoms in total. The van der Waals surface area contributed by atoms with Gasteiger partial charge in [-0.2, -0.15) is 10.5 Å². The van der Waals surface area contributed by atoms with Gasteiger partial charge in [-0.05, 0) is 25.0 Å². The number of hydrogen-bond donors (Lipinski definition) is 0. The van der Waals surface area contributed by atoms with E-state index in [4.69, 9.17) is 9.47 Å². The summed E-state index contributed by atoms with van der Waals surface area (Å²) < 4.78 is 9.84. The van der Waals surface area contributed by atoms with Crippen molar-refractivity contribution in [3.63, 3.8) is 0 Å². The number of aryl methyl sites for hydroxylation is 2. The molecule has 0 amide bonds. The summed E-state index contributed by atoms with van der Waals surface area (Å²) in [6.07, 6.45) is 0. The molecule has 0 aliphatic carbocycles. The van der Waals surface area contributed by atoms with Crippen LogP contribution in [0.4, 0.5) is 0 Å². The average molecular weight is 376 g/mol. The van der Waals surface area contributed by atoms with Crippen LogP contribution in [0.15, 0.2) is 48.5 Å². The zero-order valence-corrected chi connectivity index (χ0v) is 16.1. The van der Waals surface area contributed by atoms with Gasteiger partial charge >= 0.3 is 11.9 Å². The van der Waals surface area contributed by atoms with E-state index in [1.807, 2.05) is 26.0 Å². The molecule has 0 bridgehead atoms. The smallest absolute Gasteiger partial charge is 0.333 e. The minimum absolute atomic E-state index is 0.167. The summed E-state index contributed by atoms with van der Waals surface area (Å²) in [6, 6.07) is 16.8. The van der Waals surface area contributed by atoms with Crippen LogP contribution in [0.1, 0.15) is 22.3 Å². The average Bonchev–Trinajstić information content (AvgIpc) is 2.72. The molecule has 0 N–H and O–H groups in total. The number of hydrogen-bond acceptors (Lipinski definition) is 6. The van der Waals surface area contributed by atoms with Gasteiger partial charge in [-0.3, -0.25) is 0 Å². The maximum atomic E-state index is 13.0. The van der Waals surface area contributed by atoms with Gasteiger partial charge in [0.05, 0.1) is 26.4 Å². The predicted octanol–water partition coefficient (Wildman–Crippen LogP) is 2.87. The molecule has 2 atom stereocenters. The lowest BCUT2D eigenvalue weighted by atomic mass is 9.58. The Balaban J connectivity index is 3.03. The van der Waals surface area contributed by atoms with Gasteiger partial charge in [0.2, 0.25) is 10.8 Å². The number of carbonyl (C=O) groups is 2. The number of nitrogens with zero attached hydrogens (tertiary/aromatic N) is 2. The number of rotatable bonds is 5. The first-order chi connectivity index (χ1) is 13.3. The van der Waals surface area contributed by atoms with Crippen molar-refractivity contribution in [3.8, 4) is 12.1 Å². The van der Waals surface area contributed by atoms with Crippen molar-refractivity contribution in [1.29, 1.82) is 10.5 Å². The largest absolute Gasteiger partial charge is 0.468 e. The highest BCUT2D eigenvalue weighted by Crippen LogP contribution is 2.46. The summed E-state index contributed by atoms with van der Waals surface area (Å²) in [5.41, 5.74) is -2.44. The van der Waals surface area contributed by atoms with Crippen LogP contribution in [0.5, 0.6) is 0 Å². The minimum atomic E-state index is -2.27. The Kier molecular flexibility index (Phi) is 5.86. The monoisotopic (exact) mass is 376 g/mol. The number of benzene rings is 2. The molecule has 0 aliphatic rings. The van der Waals surface area contributed by atoms with E-state index in [1.165, 1.54) is 0 Å². The molecule has 0 saturated heterocycles. The Hall–Kier alpha value is -3.64. The number of methoxy groups -OCH3 is 2. The molecule has 142 valence electrons. The second kappa shape index (κ2) is 7.94. The van der Waals surface area contributed by atoms with Crippen molar-refractivity contribution >= 4 is 11.9 Å². The fourth-order valence-corrected chi connectivity index (χ4v) is 3.28. The molecule has 2 aromatic rings. The number of esters is 2. The third-order valence-electron chi connectivity index (χ3n) is 4.85. The van der Waals surface area contributed by atoms with Gasteiger partial charge in [-0.25, -0.2) is 9.59 Å². The van der Waals surface area contributed by atoms with E-state index in [9.17, 15) is 20.1 Å². The standard InChI is InChI=1S/C22H20N2O4/c1-15-5-9-17(10-6-15)21(13-23,19(25)27-3)22(14-24,20(26)28-4)18-11-7-16(2)8-12-18/h5-12H,1-4H3/t21-,22-/m0/s1. The maximum Gasteiger partial charge on any atom is 0.333 e. The summed E-state index contributed by atoms with van der Waals surface area (Å²) in [4.78, 5) is 26.0. The van der Waals surface area contributed by atoms with E-state index in [1.54, 1.807) is 48.5 Å². The highest BCUT2D eigenvalue weighted by molar-refractivity contribution is 6.02. The molecule has 0 spiro atoms. The molecule has 0 heterocycles. The third-order valence-corrected chi connectivity index (χ3v) is 4.85. The third kappa shape index (κ3) is 2.90. The lowest BCUT2D eigenvalue weighted by molar-refractivity contribution is -0.157. The lowest BCUT2D eigenvalue weighted by Gasteiger charge is -2.37. The summed E-state index contributed by atoms with van der Waals surface area (Å²) in [5, 5.41) is 20.4. The van der Waals surface area contributed by atoms with Crippen LogP contribution in [-0.2, 0) is 29.9 Å². The van der Waals surface area contributed by atoms with Crippen LogP contribution in [0, 0.1) is 36.5 Å². The first-order valence-electron chi connectivity index (χ1n) is 8.47. The van der Waals surface area contributed by atoms with Gasteiger partial charge in [0, 0.05) is 0 Å². The van der Waals surface area contributed by atoms with E-state index in [0.29, 0.717) is 0 Å². The van der Waals surface area contributed by atoms with E-state index in [2.05, 4.69) is 0 Å². The molecule has 0 aromatic heterocycles. The molecular formula is C22H20N2O4. The first-order valence-corrected chi connectivity index (χ1v) is 8.47. The van der Waals surface area contributed by atoms with Crippen molar-refractivity contribution in [2.24, 2.45) is 0 Å². The van der Waals surface area contributed by atoms with E-state index >= 15 is 0 Å². The molecule has 0 aliphatic heterocycles. The van der Waals surface area contributed by atoms with E-state index in [0.717, 1.165) is 25.3 Å². The Labute approximate surface area is 163 Å². The topological polar surface area (TPSA) is 100 Å². The van der Waals surface area contributed by atoms with Crippen LogP contribution in [0.25, 0.3) is 0 Å². The number of ether oxygens (including phenoxy) is 2. The van der Waals surface area contributed by atoms with Crippen LogP contribution in [0.2, 0.25) is 0 Å². The lowest BCUT2D eigenvalue weighted by Crippen LogP contribution is -2.58. The van der Waals surface area contributed by atoms with Crippen LogP contribution >= 0.6 is 0 Å². The second-order valence-corrected chi connectivity index (χ2v) is 6.44. The first kappa shape index (κ1) is 20.7. The van der Waals surface area contributed by atoms with Crippen molar-refractivity contribution in [2.75, 3.05) is 14.2 Å². The molecule has 6 heteroatoms. The summed E-state index contributed by atoms with van der Waals surface area (Å²) in [6.45, 7) is 3.68. The Bertz CT molecular complexity index is 886. The van der Waals surface area contributed by atoms with Crippen molar-refractivity contribution < 1.29 is 19.1 Å². The van der Waals surface area contributed by atoms with E-state index < -0.39 is 22.8 Å². The molecule has 0 saturated carbocycles. The number of nitriles is 2. The summed E-state index contributed by atoms with van der Waals surface area (Å²) in [5.74, 6) is -2.04. The normalized spacial score (nSPS) is 14.5. The van der Waals surface area contributed by atoms with Gasteiger partial charge in [-0.1, -0.05) is 59.7 Å². The molecule has 2 rings (SSSR count). The maximum absolute atomic E-state index is 13.0. The predicted molar refractivity (Wildman–Crippen MR) is 101 cm³/mol. The Morgan fingerprint density at radius 3 is 1.21 bits per heavy atom. The molecular weight excluding hydrogens is 356 g/mol. The Morgan fingerprint density at radius 2 is 1.00 bits per heavy atom. The van der Waals surface area contributed by atoms with Crippen molar-refractivity contribution in [1.82, 2.24) is 0 Å². The van der Waals surface area contributed by atoms with Crippen LogP contribution < -0.4 is 0 Å². The van der Waals surface area contributed by atoms with Crippen LogP contribution in [-0.4, -0.2) is 26.2 Å². The van der Waals surface area contributed by atoms with Gasteiger partial charge in [0.25, 0.3) is 0 Å². The quantitative estimate of drug-likeness (QED) is 0.744. The molecule has 2 aromatic carbocycles. The van der Waals surface area contributed by atoms with Crippen LogP contribution in [0.3, 0.4) is 0 Å². The zero-order valence-electron chi connectivity index (χ0n) is 16.1. The Morgan fingerprint density at radius 1 is 0.714 bits per heavy atom. The van der Waals surface area contributed by atoms with Crippen molar-refractivity contribution in [3.05, 3.63) is 70.8 Å². The summed E-state index contributed by atoms with van der Waals surface area (Å²) in [7, 11) is 2.22. The van der Waals surface area contributed by atoms with Gasteiger partial charge in [0.15, 0.2) is 0 Å². The molecule has 0 radical (unpaired) electrons. The van der Waals surface area contributed by atoms with Gasteiger partial charge in [0.1, 0.15) is 0 Å². The van der Waals surface area contributed by atoms with Crippen molar-refractivity contribution in [2.45, 2.75) is 24.7 Å². The highest BCUT2D eigenvalue weighted by atomic mass is 16.5. The second-order valence-electron chi connectivity index (χ2n) is 6.44. The fourth-order valence-electron chi connectivity index (χ4n) is 3.28. The molecule has 28 heavy (non-hydrogen) atoms. The van der Waals surface area contributed by atoms with E-state index in [-0.39, 0.29) is 11.1 Å². The fraction of sp³-hybridized carbons (Fsp3) is 0.273. The summed E-state index contributed by atoms with van der Waals surface area (Å²) >= 11 is 0. The zero-order chi connectivity index (χ0) is 20.9. The molecule has 0 fully saturated rings. The molecule has 0 unspecified atom stereocenters. The van der Waals surface area contributed by atoms with Gasteiger partial charge < -0.3 is 9.47 Å². The SMILES string of the molecule is COC(=O)[C@](C#N)(c1ccc(C)cc1)[C@](C#N)(C(=O)OC)c1ccc(C)cc1. The highest BCUT2D eigenvalue weighted by Gasteiger charge is 2.66. The minimum Gasteiger partial charge on any atom is -0.468 e. The number of carbonyl (C=O) groups excluding carboxylic acids is 2.